The van der Waals surface area contributed by atoms with Crippen LogP contribution >= 0.6 is 47.3 Å². The number of nitrogens with zero attached hydrogens (tertiary/aromatic N) is 2. The lowest BCUT2D eigenvalue weighted by atomic mass is 10.2. The second kappa shape index (κ2) is 12.9. The number of guanidine groups is 1. The third-order valence-electron chi connectivity index (χ3n) is 3.96. The van der Waals surface area contributed by atoms with Crippen molar-refractivity contribution in [3.05, 3.63) is 64.7 Å². The lowest BCUT2D eigenvalue weighted by Crippen LogP contribution is -2.42. The van der Waals surface area contributed by atoms with E-state index in [1.807, 2.05) is 11.9 Å². The molecule has 152 valence electrons. The summed E-state index contributed by atoms with van der Waals surface area (Å²) >= 11 is 7.77. The minimum Gasteiger partial charge on any atom is -0.354 e. The Kier molecular flexibility index (Phi) is 11.3. The molecule has 0 fully saturated rings. The summed E-state index contributed by atoms with van der Waals surface area (Å²) in [5.74, 6) is 0.593. The quantitative estimate of drug-likeness (QED) is 0.185. The van der Waals surface area contributed by atoms with Gasteiger partial charge in [-0.15, -0.1) is 35.7 Å². The van der Waals surface area contributed by atoms with Crippen molar-refractivity contribution in [3.8, 4) is 0 Å². The average molecular weight is 533 g/mol. The van der Waals surface area contributed by atoms with Crippen LogP contribution in [-0.4, -0.2) is 50.2 Å². The molecule has 0 aliphatic carbocycles. The molecular weight excluding hydrogens is 507 g/mol. The second-order valence-corrected chi connectivity index (χ2v) is 7.20. The van der Waals surface area contributed by atoms with Crippen molar-refractivity contribution in [3.63, 3.8) is 0 Å². The number of hydrogen-bond donors (Lipinski definition) is 2. The van der Waals surface area contributed by atoms with E-state index in [1.54, 1.807) is 43.1 Å². The molecule has 0 heterocycles. The van der Waals surface area contributed by atoms with Gasteiger partial charge in [0, 0.05) is 38.6 Å². The van der Waals surface area contributed by atoms with Crippen LogP contribution in [0.2, 0.25) is 5.02 Å². The number of halogens is 2. The monoisotopic (exact) mass is 532 g/mol. The van der Waals surface area contributed by atoms with Gasteiger partial charge in [0.15, 0.2) is 5.96 Å². The highest BCUT2D eigenvalue weighted by Gasteiger charge is 2.09. The van der Waals surface area contributed by atoms with E-state index in [0.29, 0.717) is 23.7 Å². The summed E-state index contributed by atoms with van der Waals surface area (Å²) in [6.07, 6.45) is 2.07. The maximum atomic E-state index is 12.1. The molecular formula is C20H26ClIN4OS. The van der Waals surface area contributed by atoms with Gasteiger partial charge in [0.1, 0.15) is 0 Å². The van der Waals surface area contributed by atoms with E-state index in [1.165, 1.54) is 10.5 Å². The van der Waals surface area contributed by atoms with Gasteiger partial charge >= 0.3 is 0 Å². The zero-order valence-corrected chi connectivity index (χ0v) is 20.1. The fraction of sp³-hybridized carbons (Fsp3) is 0.300. The molecule has 0 atom stereocenters. The average Bonchev–Trinajstić information content (AvgIpc) is 2.68. The van der Waals surface area contributed by atoms with Crippen LogP contribution in [0.4, 0.5) is 0 Å². The fourth-order valence-corrected chi connectivity index (χ4v) is 3.19. The molecule has 0 saturated carbocycles. The predicted molar refractivity (Wildman–Crippen MR) is 130 cm³/mol. The van der Waals surface area contributed by atoms with Crippen LogP contribution in [0.3, 0.4) is 0 Å². The lowest BCUT2D eigenvalue weighted by molar-refractivity contribution is 0.0954. The van der Waals surface area contributed by atoms with Crippen molar-refractivity contribution >= 4 is 59.2 Å². The molecule has 0 aliphatic heterocycles. The normalized spacial score (nSPS) is 10.8. The molecule has 0 aliphatic rings. The number of hydrogen-bond acceptors (Lipinski definition) is 3. The highest BCUT2D eigenvalue weighted by molar-refractivity contribution is 14.0. The van der Waals surface area contributed by atoms with Crippen molar-refractivity contribution < 1.29 is 4.79 Å². The van der Waals surface area contributed by atoms with Gasteiger partial charge in [-0.1, -0.05) is 35.9 Å². The molecule has 0 saturated heterocycles. The Labute approximate surface area is 193 Å². The van der Waals surface area contributed by atoms with E-state index in [-0.39, 0.29) is 29.9 Å². The number of benzene rings is 2. The minimum absolute atomic E-state index is 0. The van der Waals surface area contributed by atoms with Gasteiger partial charge in [0.25, 0.3) is 5.91 Å². The van der Waals surface area contributed by atoms with Crippen molar-refractivity contribution in [1.82, 2.24) is 15.5 Å². The molecule has 2 N–H and O–H groups in total. The van der Waals surface area contributed by atoms with Crippen molar-refractivity contribution in [2.24, 2.45) is 4.99 Å². The molecule has 0 unspecified atom stereocenters. The maximum absolute atomic E-state index is 12.1. The molecule has 0 radical (unpaired) electrons. The van der Waals surface area contributed by atoms with E-state index in [4.69, 9.17) is 11.6 Å². The number of amides is 1. The van der Waals surface area contributed by atoms with E-state index >= 15 is 0 Å². The largest absolute Gasteiger partial charge is 0.354 e. The van der Waals surface area contributed by atoms with Crippen LogP contribution in [0, 0.1) is 0 Å². The number of rotatable bonds is 7. The zero-order chi connectivity index (χ0) is 19.6. The molecule has 0 bridgehead atoms. The number of thioether (sulfide) groups is 1. The number of carbonyl (C=O) groups is 1. The molecule has 28 heavy (non-hydrogen) atoms. The lowest BCUT2D eigenvalue weighted by Gasteiger charge is -2.22. The van der Waals surface area contributed by atoms with Gasteiger partial charge < -0.3 is 15.5 Å². The van der Waals surface area contributed by atoms with Crippen molar-refractivity contribution in [2.75, 3.05) is 33.4 Å². The first-order valence-corrected chi connectivity index (χ1v) is 10.2. The summed E-state index contributed by atoms with van der Waals surface area (Å²) in [5, 5.41) is 6.57. The van der Waals surface area contributed by atoms with E-state index in [9.17, 15) is 4.79 Å². The molecule has 1 amide bonds. The topological polar surface area (TPSA) is 56.7 Å². The van der Waals surface area contributed by atoms with Gasteiger partial charge in [-0.25, -0.2) is 0 Å². The first-order valence-electron chi connectivity index (χ1n) is 8.62. The summed E-state index contributed by atoms with van der Waals surface area (Å²) in [4.78, 5) is 19.7. The maximum Gasteiger partial charge on any atom is 0.252 e. The van der Waals surface area contributed by atoms with Crippen molar-refractivity contribution in [2.45, 2.75) is 11.4 Å². The summed E-state index contributed by atoms with van der Waals surface area (Å²) in [6.45, 7) is 1.79. The standard InChI is InChI=1S/C20H25ClN4OS.HI/c1-22-20(25(2)14-15-8-10-16(27-3)11-9-15)24-13-12-23-19(26)17-6-4-5-7-18(17)21;/h4-11H,12-14H2,1-3H3,(H,22,24)(H,23,26);1H. The molecule has 0 spiro atoms. The fourth-order valence-electron chi connectivity index (χ4n) is 2.56. The Morgan fingerprint density at radius 2 is 1.75 bits per heavy atom. The Balaban J connectivity index is 0.00000392. The Bertz CT molecular complexity index is 786. The van der Waals surface area contributed by atoms with Gasteiger partial charge in [-0.05, 0) is 36.1 Å². The van der Waals surface area contributed by atoms with E-state index in [2.05, 4.69) is 46.1 Å². The zero-order valence-electron chi connectivity index (χ0n) is 16.2. The van der Waals surface area contributed by atoms with Crippen LogP contribution in [0.25, 0.3) is 0 Å². The Hall–Kier alpha value is -1.45. The van der Waals surface area contributed by atoms with Gasteiger partial charge in [0.2, 0.25) is 0 Å². The highest BCUT2D eigenvalue weighted by atomic mass is 127. The Morgan fingerprint density at radius 1 is 1.11 bits per heavy atom. The van der Waals surface area contributed by atoms with Crippen LogP contribution < -0.4 is 10.6 Å². The summed E-state index contributed by atoms with van der Waals surface area (Å²) < 4.78 is 0. The SMILES string of the molecule is CN=C(NCCNC(=O)c1ccccc1Cl)N(C)Cc1ccc(SC)cc1.I. The smallest absolute Gasteiger partial charge is 0.252 e. The number of carbonyl (C=O) groups excluding carboxylic acids is 1. The first kappa shape index (κ1) is 24.6. The molecule has 2 rings (SSSR count). The molecule has 5 nitrogen and oxygen atoms in total. The van der Waals surface area contributed by atoms with Gasteiger partial charge in [-0.2, -0.15) is 0 Å². The van der Waals surface area contributed by atoms with Crippen LogP contribution in [0.15, 0.2) is 58.4 Å². The predicted octanol–water partition coefficient (Wildman–Crippen LogP) is 4.12. The number of nitrogens with one attached hydrogen (secondary N) is 2. The van der Waals surface area contributed by atoms with E-state index in [0.717, 1.165) is 12.5 Å². The summed E-state index contributed by atoms with van der Waals surface area (Å²) in [5.41, 5.74) is 1.69. The minimum atomic E-state index is -0.181. The molecule has 2 aromatic carbocycles. The van der Waals surface area contributed by atoms with Crippen LogP contribution in [0.5, 0.6) is 0 Å². The Morgan fingerprint density at radius 3 is 2.36 bits per heavy atom. The van der Waals surface area contributed by atoms with E-state index < -0.39 is 0 Å². The third kappa shape index (κ3) is 7.52. The highest BCUT2D eigenvalue weighted by Crippen LogP contribution is 2.16. The van der Waals surface area contributed by atoms with Crippen LogP contribution in [-0.2, 0) is 6.54 Å². The van der Waals surface area contributed by atoms with Crippen LogP contribution in [0.1, 0.15) is 15.9 Å². The summed E-state index contributed by atoms with van der Waals surface area (Å²) in [7, 11) is 3.73. The summed E-state index contributed by atoms with van der Waals surface area (Å²) in [6, 6.07) is 15.5. The second-order valence-electron chi connectivity index (χ2n) is 5.91. The first-order chi connectivity index (χ1) is 13.0. The van der Waals surface area contributed by atoms with Gasteiger partial charge in [0.05, 0.1) is 10.6 Å². The van der Waals surface area contributed by atoms with Crippen molar-refractivity contribution in [1.29, 1.82) is 0 Å². The third-order valence-corrected chi connectivity index (χ3v) is 5.04. The molecule has 8 heteroatoms. The molecule has 2 aromatic rings. The number of aliphatic imine (C=N–C) groups is 1. The van der Waals surface area contributed by atoms with Gasteiger partial charge in [-0.3, -0.25) is 9.79 Å². The molecule has 0 aromatic heterocycles.